The molecule has 1 aromatic heterocycles. The molecule has 2 aromatic carbocycles. The standard InChI is InChI=1S/C25H29N3O2/c1-18-9-8-12-20-15-21(24(29)27-23(18)20)17-28(22-13-6-3-7-14-22)25(30)26-16-19-10-4-2-5-11-19/h2,4-5,8-12,15,22H,3,6-7,13-14,16-17H2,1H3,(H,26,30)(H,27,29). The second-order valence-electron chi connectivity index (χ2n) is 8.23. The van der Waals surface area contributed by atoms with Crippen molar-refractivity contribution in [2.75, 3.05) is 0 Å². The number of nitrogens with zero attached hydrogens (tertiary/aromatic N) is 1. The summed E-state index contributed by atoms with van der Waals surface area (Å²) >= 11 is 0. The lowest BCUT2D eigenvalue weighted by atomic mass is 9.94. The first-order valence-electron chi connectivity index (χ1n) is 10.8. The van der Waals surface area contributed by atoms with E-state index in [1.54, 1.807) is 0 Å². The molecule has 0 radical (unpaired) electrons. The van der Waals surface area contributed by atoms with Crippen molar-refractivity contribution in [3.8, 4) is 0 Å². The number of nitrogens with one attached hydrogen (secondary N) is 2. The number of rotatable bonds is 5. The van der Waals surface area contributed by atoms with Crippen LogP contribution >= 0.6 is 0 Å². The number of para-hydroxylation sites is 1. The van der Waals surface area contributed by atoms with Crippen LogP contribution in [0.3, 0.4) is 0 Å². The number of pyridine rings is 1. The van der Waals surface area contributed by atoms with E-state index in [-0.39, 0.29) is 17.6 Å². The van der Waals surface area contributed by atoms with Crippen LogP contribution in [0.4, 0.5) is 4.79 Å². The normalized spacial score (nSPS) is 14.6. The topological polar surface area (TPSA) is 65.2 Å². The first-order valence-corrected chi connectivity index (χ1v) is 10.8. The predicted octanol–water partition coefficient (Wildman–Crippen LogP) is 4.88. The molecular formula is C25H29N3O2. The Hall–Kier alpha value is -3.08. The third kappa shape index (κ3) is 4.56. The average molecular weight is 404 g/mol. The van der Waals surface area contributed by atoms with Crippen molar-refractivity contribution < 1.29 is 4.79 Å². The summed E-state index contributed by atoms with van der Waals surface area (Å²) in [7, 11) is 0. The lowest BCUT2D eigenvalue weighted by molar-refractivity contribution is 0.150. The third-order valence-corrected chi connectivity index (χ3v) is 6.07. The van der Waals surface area contributed by atoms with Gasteiger partial charge in [-0.1, -0.05) is 67.8 Å². The Balaban J connectivity index is 1.58. The van der Waals surface area contributed by atoms with Crippen molar-refractivity contribution in [2.24, 2.45) is 0 Å². The van der Waals surface area contributed by atoms with E-state index in [2.05, 4.69) is 10.3 Å². The van der Waals surface area contributed by atoms with E-state index in [1.807, 2.05) is 66.4 Å². The molecule has 156 valence electrons. The summed E-state index contributed by atoms with van der Waals surface area (Å²) in [6.07, 6.45) is 5.44. The Bertz CT molecular complexity index is 1070. The van der Waals surface area contributed by atoms with Gasteiger partial charge < -0.3 is 15.2 Å². The molecule has 0 bridgehead atoms. The molecule has 1 heterocycles. The van der Waals surface area contributed by atoms with Gasteiger partial charge in [-0.25, -0.2) is 4.79 Å². The van der Waals surface area contributed by atoms with Crippen LogP contribution in [-0.2, 0) is 13.1 Å². The number of fused-ring (bicyclic) bond motifs is 1. The Morgan fingerprint density at radius 1 is 1.07 bits per heavy atom. The first-order chi connectivity index (χ1) is 14.6. The van der Waals surface area contributed by atoms with Crippen LogP contribution in [0.5, 0.6) is 0 Å². The van der Waals surface area contributed by atoms with E-state index >= 15 is 0 Å². The lowest BCUT2D eigenvalue weighted by Crippen LogP contribution is -2.47. The van der Waals surface area contributed by atoms with E-state index in [4.69, 9.17) is 0 Å². The van der Waals surface area contributed by atoms with Crippen LogP contribution in [0.15, 0.2) is 59.4 Å². The quantitative estimate of drug-likeness (QED) is 0.638. The maximum absolute atomic E-state index is 13.2. The minimum absolute atomic E-state index is 0.102. The molecule has 5 nitrogen and oxygen atoms in total. The number of aryl methyl sites for hydroxylation is 1. The van der Waals surface area contributed by atoms with Gasteiger partial charge in [0.15, 0.2) is 0 Å². The van der Waals surface area contributed by atoms with Crippen molar-refractivity contribution in [1.82, 2.24) is 15.2 Å². The molecule has 3 aromatic rings. The zero-order valence-electron chi connectivity index (χ0n) is 17.5. The van der Waals surface area contributed by atoms with Crippen molar-refractivity contribution in [2.45, 2.75) is 58.2 Å². The summed E-state index contributed by atoms with van der Waals surface area (Å²) in [6.45, 7) is 2.80. The van der Waals surface area contributed by atoms with Gasteiger partial charge in [0.25, 0.3) is 5.56 Å². The van der Waals surface area contributed by atoms with E-state index in [1.165, 1.54) is 6.42 Å². The molecule has 0 atom stereocenters. The van der Waals surface area contributed by atoms with E-state index < -0.39 is 0 Å². The number of benzene rings is 2. The van der Waals surface area contributed by atoms with Crippen LogP contribution in [0, 0.1) is 6.92 Å². The maximum atomic E-state index is 13.2. The molecule has 30 heavy (non-hydrogen) atoms. The number of hydrogen-bond donors (Lipinski definition) is 2. The highest BCUT2D eigenvalue weighted by Crippen LogP contribution is 2.24. The Morgan fingerprint density at radius 3 is 2.60 bits per heavy atom. The first kappa shape index (κ1) is 20.2. The van der Waals surface area contributed by atoms with Crippen molar-refractivity contribution >= 4 is 16.9 Å². The Labute approximate surface area is 177 Å². The van der Waals surface area contributed by atoms with Crippen LogP contribution in [0.2, 0.25) is 0 Å². The van der Waals surface area contributed by atoms with E-state index in [0.29, 0.717) is 18.7 Å². The second-order valence-corrected chi connectivity index (χ2v) is 8.23. The summed E-state index contributed by atoms with van der Waals surface area (Å²) in [6, 6.07) is 17.9. The van der Waals surface area contributed by atoms with Gasteiger partial charge in [0, 0.05) is 18.2 Å². The highest BCUT2D eigenvalue weighted by Gasteiger charge is 2.26. The predicted molar refractivity (Wildman–Crippen MR) is 120 cm³/mol. The fourth-order valence-corrected chi connectivity index (χ4v) is 4.36. The largest absolute Gasteiger partial charge is 0.334 e. The molecule has 0 unspecified atom stereocenters. The van der Waals surface area contributed by atoms with Gasteiger partial charge in [0.2, 0.25) is 0 Å². The Kier molecular flexibility index (Phi) is 6.17. The molecule has 0 saturated heterocycles. The van der Waals surface area contributed by atoms with Crippen LogP contribution in [0.1, 0.15) is 48.8 Å². The summed E-state index contributed by atoms with van der Waals surface area (Å²) in [4.78, 5) is 30.8. The molecule has 1 saturated carbocycles. The molecule has 1 aliphatic rings. The summed E-state index contributed by atoms with van der Waals surface area (Å²) < 4.78 is 0. The highest BCUT2D eigenvalue weighted by molar-refractivity contribution is 5.82. The fourth-order valence-electron chi connectivity index (χ4n) is 4.36. The van der Waals surface area contributed by atoms with Crippen molar-refractivity contribution in [1.29, 1.82) is 0 Å². The van der Waals surface area contributed by atoms with Gasteiger partial charge >= 0.3 is 6.03 Å². The molecule has 2 amide bonds. The van der Waals surface area contributed by atoms with Crippen LogP contribution in [0.25, 0.3) is 10.9 Å². The zero-order chi connectivity index (χ0) is 20.9. The molecule has 0 aliphatic heterocycles. The van der Waals surface area contributed by atoms with Gasteiger partial charge in [-0.05, 0) is 42.3 Å². The number of carbonyl (C=O) groups is 1. The van der Waals surface area contributed by atoms with Gasteiger partial charge in [0.05, 0.1) is 12.1 Å². The number of carbonyl (C=O) groups excluding carboxylic acids is 1. The number of aromatic amines is 1. The fraction of sp³-hybridized carbons (Fsp3) is 0.360. The van der Waals surface area contributed by atoms with E-state index in [0.717, 1.165) is 47.7 Å². The van der Waals surface area contributed by atoms with Gasteiger partial charge in [-0.2, -0.15) is 0 Å². The number of amides is 2. The van der Waals surface area contributed by atoms with Gasteiger partial charge in [-0.15, -0.1) is 0 Å². The number of hydrogen-bond acceptors (Lipinski definition) is 2. The smallest absolute Gasteiger partial charge is 0.318 e. The minimum Gasteiger partial charge on any atom is -0.334 e. The molecule has 4 rings (SSSR count). The molecular weight excluding hydrogens is 374 g/mol. The van der Waals surface area contributed by atoms with Crippen LogP contribution < -0.4 is 10.9 Å². The third-order valence-electron chi connectivity index (χ3n) is 6.07. The maximum Gasteiger partial charge on any atom is 0.318 e. The summed E-state index contributed by atoms with van der Waals surface area (Å²) in [5, 5.41) is 4.06. The van der Waals surface area contributed by atoms with Crippen molar-refractivity contribution in [3.63, 3.8) is 0 Å². The summed E-state index contributed by atoms with van der Waals surface area (Å²) in [5.41, 5.74) is 3.49. The summed E-state index contributed by atoms with van der Waals surface area (Å²) in [5.74, 6) is 0. The average Bonchev–Trinajstić information content (AvgIpc) is 2.78. The molecule has 1 fully saturated rings. The Morgan fingerprint density at radius 2 is 1.83 bits per heavy atom. The van der Waals surface area contributed by atoms with Crippen molar-refractivity contribution in [3.05, 3.63) is 81.6 Å². The molecule has 5 heteroatoms. The highest BCUT2D eigenvalue weighted by atomic mass is 16.2. The van der Waals surface area contributed by atoms with Crippen LogP contribution in [-0.4, -0.2) is 22.0 Å². The second kappa shape index (κ2) is 9.16. The lowest BCUT2D eigenvalue weighted by Gasteiger charge is -2.34. The molecule has 1 aliphatic carbocycles. The number of urea groups is 1. The number of H-pyrrole nitrogens is 1. The molecule has 2 N–H and O–H groups in total. The van der Waals surface area contributed by atoms with E-state index in [9.17, 15) is 9.59 Å². The van der Waals surface area contributed by atoms with Gasteiger partial charge in [0.1, 0.15) is 0 Å². The SMILES string of the molecule is Cc1cccc2cc(CN(C(=O)NCc3ccccc3)C3CCCCC3)c(=O)[nH]c12. The zero-order valence-corrected chi connectivity index (χ0v) is 17.5. The molecule has 0 spiro atoms. The number of aromatic nitrogens is 1. The van der Waals surface area contributed by atoms with Gasteiger partial charge in [-0.3, -0.25) is 4.79 Å². The monoisotopic (exact) mass is 403 g/mol. The minimum atomic E-state index is -0.117.